The Hall–Kier alpha value is 0.270. The van der Waals surface area contributed by atoms with Crippen molar-refractivity contribution in [2.24, 2.45) is 5.92 Å². The molecule has 2 nitrogen and oxygen atoms in total. The third-order valence-electron chi connectivity index (χ3n) is 5.32. The van der Waals surface area contributed by atoms with Crippen LogP contribution in [0.3, 0.4) is 0 Å². The van der Waals surface area contributed by atoms with Gasteiger partial charge in [0, 0.05) is 37.0 Å². The van der Waals surface area contributed by atoms with Crippen molar-refractivity contribution in [3.8, 4) is 0 Å². The number of hydrogen-bond donors (Lipinski definition) is 1. The van der Waals surface area contributed by atoms with Gasteiger partial charge in [-0.25, -0.2) is 0 Å². The lowest BCUT2D eigenvalue weighted by molar-refractivity contribution is 0.0113. The first-order chi connectivity index (χ1) is 8.84. The van der Waals surface area contributed by atoms with Crippen LogP contribution in [0.5, 0.6) is 0 Å². The number of piperazine rings is 1. The average molecular weight is 268 g/mol. The maximum atomic E-state index is 3.90. The van der Waals surface area contributed by atoms with Crippen molar-refractivity contribution in [1.29, 1.82) is 0 Å². The van der Waals surface area contributed by atoms with Gasteiger partial charge in [-0.15, -0.1) is 0 Å². The number of nitrogens with zero attached hydrogens (tertiary/aromatic N) is 1. The highest BCUT2D eigenvalue weighted by molar-refractivity contribution is 7.98. The van der Waals surface area contributed by atoms with E-state index in [1.165, 1.54) is 70.3 Å². The minimum Gasteiger partial charge on any atom is -0.311 e. The Kier molecular flexibility index (Phi) is 4.21. The number of rotatable bonds is 4. The Morgan fingerprint density at radius 2 is 2.00 bits per heavy atom. The van der Waals surface area contributed by atoms with Gasteiger partial charge in [-0.2, -0.15) is 11.8 Å². The summed E-state index contributed by atoms with van der Waals surface area (Å²) in [6.45, 7) is 3.90. The summed E-state index contributed by atoms with van der Waals surface area (Å²) in [6.07, 6.45) is 12.4. The van der Waals surface area contributed by atoms with Crippen molar-refractivity contribution in [2.75, 3.05) is 31.6 Å². The van der Waals surface area contributed by atoms with E-state index in [4.69, 9.17) is 0 Å². The highest BCUT2D eigenvalue weighted by Gasteiger charge is 2.45. The van der Waals surface area contributed by atoms with Crippen molar-refractivity contribution >= 4 is 11.8 Å². The van der Waals surface area contributed by atoms with Crippen molar-refractivity contribution in [3.63, 3.8) is 0 Å². The Balaban J connectivity index is 1.66. The SMILES string of the molecule is CSCCN1CC(C2CC2)NCC12CCCCC2. The first-order valence-electron chi connectivity index (χ1n) is 7.81. The molecule has 3 aliphatic rings. The van der Waals surface area contributed by atoms with Crippen molar-refractivity contribution < 1.29 is 0 Å². The van der Waals surface area contributed by atoms with E-state index in [-0.39, 0.29) is 0 Å². The maximum absolute atomic E-state index is 3.90. The van der Waals surface area contributed by atoms with Crippen LogP contribution in [0.2, 0.25) is 0 Å². The zero-order valence-electron chi connectivity index (χ0n) is 11.8. The summed E-state index contributed by atoms with van der Waals surface area (Å²) in [5.41, 5.74) is 0.527. The molecule has 1 saturated heterocycles. The summed E-state index contributed by atoms with van der Waals surface area (Å²) in [5.74, 6) is 2.31. The fourth-order valence-corrected chi connectivity index (χ4v) is 4.38. The summed E-state index contributed by atoms with van der Waals surface area (Å²) in [4.78, 5) is 2.88. The summed E-state index contributed by atoms with van der Waals surface area (Å²) in [6, 6.07) is 0.805. The van der Waals surface area contributed by atoms with Crippen LogP contribution >= 0.6 is 11.8 Å². The molecular formula is C15H28N2S. The molecule has 1 heterocycles. The second-order valence-corrected chi connectivity index (χ2v) is 7.53. The fourth-order valence-electron chi connectivity index (χ4n) is 3.98. The Morgan fingerprint density at radius 1 is 1.22 bits per heavy atom. The highest BCUT2D eigenvalue weighted by atomic mass is 32.2. The van der Waals surface area contributed by atoms with Crippen molar-refractivity contribution in [3.05, 3.63) is 0 Å². The molecule has 2 aliphatic carbocycles. The Bertz CT molecular complexity index is 272. The topological polar surface area (TPSA) is 15.3 Å². The number of hydrogen-bond acceptors (Lipinski definition) is 3. The molecule has 104 valence electrons. The molecule has 2 saturated carbocycles. The standard InChI is InChI=1S/C15H28N2S/c1-18-10-9-17-11-14(13-5-6-13)16-12-15(17)7-3-2-4-8-15/h13-14,16H,2-12H2,1H3. The van der Waals surface area contributed by atoms with Crippen LogP contribution < -0.4 is 5.32 Å². The van der Waals surface area contributed by atoms with Crippen LogP contribution in [-0.2, 0) is 0 Å². The molecule has 0 aromatic rings. The van der Waals surface area contributed by atoms with Gasteiger partial charge in [0.15, 0.2) is 0 Å². The van der Waals surface area contributed by atoms with E-state index in [1.807, 2.05) is 11.8 Å². The maximum Gasteiger partial charge on any atom is 0.0335 e. The molecule has 3 heteroatoms. The van der Waals surface area contributed by atoms with Crippen LogP contribution in [0.25, 0.3) is 0 Å². The number of thioether (sulfide) groups is 1. The molecule has 1 aliphatic heterocycles. The lowest BCUT2D eigenvalue weighted by Crippen LogP contribution is -2.66. The quantitative estimate of drug-likeness (QED) is 0.844. The molecule has 0 aromatic carbocycles. The number of nitrogens with one attached hydrogen (secondary N) is 1. The molecule has 1 unspecified atom stereocenters. The Morgan fingerprint density at radius 3 is 2.67 bits per heavy atom. The summed E-state index contributed by atoms with van der Waals surface area (Å²) in [7, 11) is 0. The normalized spacial score (nSPS) is 32.8. The lowest BCUT2D eigenvalue weighted by atomic mass is 9.78. The summed E-state index contributed by atoms with van der Waals surface area (Å²) >= 11 is 2.01. The molecular weight excluding hydrogens is 240 g/mol. The molecule has 0 radical (unpaired) electrons. The van der Waals surface area contributed by atoms with E-state index in [9.17, 15) is 0 Å². The van der Waals surface area contributed by atoms with E-state index >= 15 is 0 Å². The molecule has 18 heavy (non-hydrogen) atoms. The molecule has 0 bridgehead atoms. The summed E-state index contributed by atoms with van der Waals surface area (Å²) < 4.78 is 0. The van der Waals surface area contributed by atoms with Gasteiger partial charge in [0.1, 0.15) is 0 Å². The second-order valence-electron chi connectivity index (χ2n) is 6.55. The van der Waals surface area contributed by atoms with Crippen molar-refractivity contribution in [2.45, 2.75) is 56.5 Å². The van der Waals surface area contributed by atoms with Gasteiger partial charge in [0.05, 0.1) is 0 Å². The highest BCUT2D eigenvalue weighted by Crippen LogP contribution is 2.40. The molecule has 1 atom stereocenters. The van der Waals surface area contributed by atoms with Gasteiger partial charge >= 0.3 is 0 Å². The van der Waals surface area contributed by atoms with Gasteiger partial charge < -0.3 is 5.32 Å². The lowest BCUT2D eigenvalue weighted by Gasteiger charge is -2.52. The summed E-state index contributed by atoms with van der Waals surface area (Å²) in [5, 5.41) is 3.90. The van der Waals surface area contributed by atoms with Gasteiger partial charge in [-0.3, -0.25) is 4.90 Å². The third kappa shape index (κ3) is 2.73. The van der Waals surface area contributed by atoms with Crippen LogP contribution in [0.4, 0.5) is 0 Å². The smallest absolute Gasteiger partial charge is 0.0335 e. The first-order valence-corrected chi connectivity index (χ1v) is 9.21. The monoisotopic (exact) mass is 268 g/mol. The van der Waals surface area contributed by atoms with Gasteiger partial charge in [-0.1, -0.05) is 19.3 Å². The molecule has 1 spiro atoms. The minimum atomic E-state index is 0.527. The fraction of sp³-hybridized carbons (Fsp3) is 1.00. The molecule has 1 N–H and O–H groups in total. The van der Waals surface area contributed by atoms with E-state index in [1.54, 1.807) is 0 Å². The predicted octanol–water partition coefficient (Wildman–Crippen LogP) is 2.74. The molecule has 0 aromatic heterocycles. The third-order valence-corrected chi connectivity index (χ3v) is 5.91. The van der Waals surface area contributed by atoms with Crippen LogP contribution in [0, 0.1) is 5.92 Å². The minimum absolute atomic E-state index is 0.527. The predicted molar refractivity (Wildman–Crippen MR) is 80.3 cm³/mol. The molecule has 3 fully saturated rings. The van der Waals surface area contributed by atoms with E-state index in [0.29, 0.717) is 5.54 Å². The largest absolute Gasteiger partial charge is 0.311 e. The van der Waals surface area contributed by atoms with Gasteiger partial charge in [-0.05, 0) is 37.9 Å². The van der Waals surface area contributed by atoms with Gasteiger partial charge in [0.2, 0.25) is 0 Å². The van der Waals surface area contributed by atoms with E-state index < -0.39 is 0 Å². The first kappa shape index (κ1) is 13.3. The van der Waals surface area contributed by atoms with E-state index in [2.05, 4.69) is 16.5 Å². The van der Waals surface area contributed by atoms with Crippen molar-refractivity contribution in [1.82, 2.24) is 10.2 Å². The average Bonchev–Trinajstić information content (AvgIpc) is 3.23. The molecule has 0 amide bonds. The van der Waals surface area contributed by atoms with Crippen LogP contribution in [-0.4, -0.2) is 48.1 Å². The zero-order valence-corrected chi connectivity index (χ0v) is 12.6. The van der Waals surface area contributed by atoms with E-state index in [0.717, 1.165) is 12.0 Å². The van der Waals surface area contributed by atoms with Crippen LogP contribution in [0.1, 0.15) is 44.9 Å². The van der Waals surface area contributed by atoms with Crippen LogP contribution in [0.15, 0.2) is 0 Å². The second kappa shape index (κ2) is 5.72. The Labute approximate surface area is 116 Å². The molecule has 3 rings (SSSR count). The zero-order chi connectivity index (χ0) is 12.4. The van der Waals surface area contributed by atoms with Gasteiger partial charge in [0.25, 0.3) is 0 Å².